The van der Waals surface area contributed by atoms with Crippen molar-refractivity contribution in [2.75, 3.05) is 26.3 Å². The highest BCUT2D eigenvalue weighted by molar-refractivity contribution is 7.89. The molecule has 2 N–H and O–H groups in total. The number of rotatable bonds is 10. The number of nitrogens with zero attached hydrogens (tertiary/aromatic N) is 1. The molecule has 1 heterocycles. The maximum Gasteiger partial charge on any atom is 0.244 e. The maximum atomic E-state index is 12.6. The zero-order valence-corrected chi connectivity index (χ0v) is 13.6. The van der Waals surface area contributed by atoms with Gasteiger partial charge in [-0.2, -0.15) is 4.31 Å². The van der Waals surface area contributed by atoms with E-state index in [0.717, 1.165) is 5.69 Å². The van der Waals surface area contributed by atoms with E-state index in [1.165, 1.54) is 17.1 Å². The standard InChI is InChI=1S/C14H25N3O3S/c1-3-17(7-8-20-4-2)21(18,19)14-9-13(16-11-14)10-15-12-5-6-12/h9,11-12,15-16H,3-8,10H2,1-2H3. The summed E-state index contributed by atoms with van der Waals surface area (Å²) in [5.74, 6) is 0. The van der Waals surface area contributed by atoms with Crippen molar-refractivity contribution in [3.8, 4) is 0 Å². The molecule has 1 saturated carbocycles. The first-order chi connectivity index (χ1) is 10.1. The van der Waals surface area contributed by atoms with Gasteiger partial charge in [0.25, 0.3) is 0 Å². The summed E-state index contributed by atoms with van der Waals surface area (Å²) < 4.78 is 31.8. The van der Waals surface area contributed by atoms with Gasteiger partial charge in [0.05, 0.1) is 11.5 Å². The van der Waals surface area contributed by atoms with Crippen molar-refractivity contribution in [3.63, 3.8) is 0 Å². The smallest absolute Gasteiger partial charge is 0.244 e. The second-order valence-electron chi connectivity index (χ2n) is 5.21. The molecule has 1 aromatic rings. The van der Waals surface area contributed by atoms with Gasteiger partial charge in [0, 0.05) is 44.2 Å². The van der Waals surface area contributed by atoms with Crippen LogP contribution in [0.3, 0.4) is 0 Å². The van der Waals surface area contributed by atoms with E-state index in [2.05, 4.69) is 10.3 Å². The van der Waals surface area contributed by atoms with Crippen LogP contribution < -0.4 is 5.32 Å². The largest absolute Gasteiger partial charge is 0.380 e. The summed E-state index contributed by atoms with van der Waals surface area (Å²) in [6.07, 6.45) is 4.00. The number of ether oxygens (including phenoxy) is 1. The van der Waals surface area contributed by atoms with Crippen molar-refractivity contribution in [1.29, 1.82) is 0 Å². The molecule has 6 nitrogen and oxygen atoms in total. The third kappa shape index (κ3) is 4.54. The van der Waals surface area contributed by atoms with Gasteiger partial charge in [-0.05, 0) is 25.8 Å². The van der Waals surface area contributed by atoms with Crippen LogP contribution in [-0.4, -0.2) is 50.1 Å². The molecular weight excluding hydrogens is 290 g/mol. The average Bonchev–Trinajstić information content (AvgIpc) is 3.17. The first-order valence-corrected chi connectivity index (χ1v) is 9.00. The summed E-state index contributed by atoms with van der Waals surface area (Å²) >= 11 is 0. The summed E-state index contributed by atoms with van der Waals surface area (Å²) in [7, 11) is -3.44. The summed E-state index contributed by atoms with van der Waals surface area (Å²) in [5, 5.41) is 3.36. The number of hydrogen-bond donors (Lipinski definition) is 2. The molecule has 0 bridgehead atoms. The fourth-order valence-corrected chi connectivity index (χ4v) is 3.57. The molecule has 1 fully saturated rings. The monoisotopic (exact) mass is 315 g/mol. The SMILES string of the molecule is CCOCCN(CC)S(=O)(=O)c1c[nH]c(CNC2CC2)c1. The van der Waals surface area contributed by atoms with Crippen LogP contribution >= 0.6 is 0 Å². The van der Waals surface area contributed by atoms with Gasteiger partial charge in [-0.1, -0.05) is 6.92 Å². The number of aromatic amines is 1. The minimum absolute atomic E-state index is 0.327. The molecular formula is C14H25N3O3S. The topological polar surface area (TPSA) is 74.4 Å². The highest BCUT2D eigenvalue weighted by Gasteiger charge is 2.25. The lowest BCUT2D eigenvalue weighted by molar-refractivity contribution is 0.135. The molecule has 2 rings (SSSR count). The van der Waals surface area contributed by atoms with Crippen molar-refractivity contribution in [2.24, 2.45) is 0 Å². The van der Waals surface area contributed by atoms with E-state index in [-0.39, 0.29) is 0 Å². The Morgan fingerprint density at radius 1 is 1.43 bits per heavy atom. The Kier molecular flexibility index (Phi) is 5.80. The predicted octanol–water partition coefficient (Wildman–Crippen LogP) is 1.31. The van der Waals surface area contributed by atoms with Crippen LogP contribution in [0.2, 0.25) is 0 Å². The molecule has 0 aromatic carbocycles. The second-order valence-corrected chi connectivity index (χ2v) is 7.15. The maximum absolute atomic E-state index is 12.6. The van der Waals surface area contributed by atoms with Gasteiger partial charge in [-0.15, -0.1) is 0 Å². The third-order valence-corrected chi connectivity index (χ3v) is 5.51. The molecule has 1 aliphatic carbocycles. The van der Waals surface area contributed by atoms with E-state index in [9.17, 15) is 8.42 Å². The molecule has 7 heteroatoms. The number of aromatic nitrogens is 1. The van der Waals surface area contributed by atoms with E-state index in [1.807, 2.05) is 13.8 Å². The van der Waals surface area contributed by atoms with Crippen LogP contribution in [0.5, 0.6) is 0 Å². The summed E-state index contributed by atoms with van der Waals surface area (Å²) in [4.78, 5) is 3.37. The van der Waals surface area contributed by atoms with Gasteiger partial charge < -0.3 is 15.0 Å². The average molecular weight is 315 g/mol. The summed E-state index contributed by atoms with van der Waals surface area (Å²) in [6.45, 7) is 6.26. The third-order valence-electron chi connectivity index (χ3n) is 3.55. The van der Waals surface area contributed by atoms with Crippen molar-refractivity contribution < 1.29 is 13.2 Å². The molecule has 21 heavy (non-hydrogen) atoms. The summed E-state index contributed by atoms with van der Waals surface area (Å²) in [5.41, 5.74) is 0.904. The highest BCUT2D eigenvalue weighted by Crippen LogP contribution is 2.20. The molecule has 0 aliphatic heterocycles. The molecule has 0 atom stereocenters. The van der Waals surface area contributed by atoms with Crippen LogP contribution in [0.1, 0.15) is 32.4 Å². The molecule has 1 aliphatic rings. The van der Waals surface area contributed by atoms with Gasteiger partial charge >= 0.3 is 0 Å². The number of sulfonamides is 1. The Hall–Kier alpha value is -0.890. The Balaban J connectivity index is 1.98. The van der Waals surface area contributed by atoms with Crippen LogP contribution in [-0.2, 0) is 21.3 Å². The van der Waals surface area contributed by atoms with Crippen LogP contribution in [0, 0.1) is 0 Å². The van der Waals surface area contributed by atoms with Gasteiger partial charge in [0.15, 0.2) is 0 Å². The molecule has 1 aromatic heterocycles. The molecule has 0 unspecified atom stereocenters. The Morgan fingerprint density at radius 3 is 2.81 bits per heavy atom. The van der Waals surface area contributed by atoms with Crippen LogP contribution in [0.4, 0.5) is 0 Å². The normalized spacial score (nSPS) is 15.8. The number of likely N-dealkylation sites (N-methyl/N-ethyl adjacent to an activating group) is 1. The first kappa shape index (κ1) is 16.5. The van der Waals surface area contributed by atoms with Crippen LogP contribution in [0.25, 0.3) is 0 Å². The molecule has 0 spiro atoms. The molecule has 0 amide bonds. The zero-order valence-electron chi connectivity index (χ0n) is 12.8. The predicted molar refractivity (Wildman–Crippen MR) is 81.6 cm³/mol. The Bertz CT molecular complexity index is 537. The summed E-state index contributed by atoms with van der Waals surface area (Å²) in [6, 6.07) is 2.32. The number of hydrogen-bond acceptors (Lipinski definition) is 4. The van der Waals surface area contributed by atoms with Gasteiger partial charge in [0.2, 0.25) is 10.0 Å². The number of nitrogens with one attached hydrogen (secondary N) is 2. The highest BCUT2D eigenvalue weighted by atomic mass is 32.2. The second kappa shape index (κ2) is 7.40. The first-order valence-electron chi connectivity index (χ1n) is 7.56. The fraction of sp³-hybridized carbons (Fsp3) is 0.714. The Labute approximate surface area is 126 Å². The lowest BCUT2D eigenvalue weighted by Gasteiger charge is -2.19. The van der Waals surface area contributed by atoms with Crippen LogP contribution in [0.15, 0.2) is 17.2 Å². The zero-order chi connectivity index (χ0) is 15.3. The van der Waals surface area contributed by atoms with E-state index in [4.69, 9.17) is 4.74 Å². The molecule has 0 radical (unpaired) electrons. The van der Waals surface area contributed by atoms with Gasteiger partial charge in [-0.25, -0.2) is 8.42 Å². The van der Waals surface area contributed by atoms with Crippen molar-refractivity contribution in [1.82, 2.24) is 14.6 Å². The van der Waals surface area contributed by atoms with E-state index >= 15 is 0 Å². The Morgan fingerprint density at radius 2 is 2.19 bits per heavy atom. The quantitative estimate of drug-likeness (QED) is 0.639. The minimum Gasteiger partial charge on any atom is -0.380 e. The van der Waals surface area contributed by atoms with Gasteiger partial charge in [-0.3, -0.25) is 0 Å². The lowest BCUT2D eigenvalue weighted by Crippen LogP contribution is -2.33. The van der Waals surface area contributed by atoms with E-state index < -0.39 is 10.0 Å². The van der Waals surface area contributed by atoms with E-state index in [0.29, 0.717) is 43.8 Å². The lowest BCUT2D eigenvalue weighted by atomic mass is 10.4. The fourth-order valence-electron chi connectivity index (χ4n) is 2.12. The molecule has 120 valence electrons. The molecule has 0 saturated heterocycles. The van der Waals surface area contributed by atoms with Crippen molar-refractivity contribution in [3.05, 3.63) is 18.0 Å². The van der Waals surface area contributed by atoms with Gasteiger partial charge in [0.1, 0.15) is 0 Å². The van der Waals surface area contributed by atoms with E-state index in [1.54, 1.807) is 12.3 Å². The number of H-pyrrole nitrogens is 1. The van der Waals surface area contributed by atoms with Crippen molar-refractivity contribution in [2.45, 2.75) is 44.2 Å². The minimum atomic E-state index is -3.44. The van der Waals surface area contributed by atoms with Crippen molar-refractivity contribution >= 4 is 10.0 Å².